The van der Waals surface area contributed by atoms with Crippen LogP contribution in [0.1, 0.15) is 5.82 Å². The maximum Gasteiger partial charge on any atom is 0.213 e. The first kappa shape index (κ1) is 15.2. The number of hydrogen-bond donors (Lipinski definition) is 0. The van der Waals surface area contributed by atoms with Crippen LogP contribution < -0.4 is 0 Å². The molecule has 0 N–H and O–H groups in total. The van der Waals surface area contributed by atoms with E-state index in [9.17, 15) is 4.39 Å². The molecule has 7 heteroatoms. The molecule has 25 heavy (non-hydrogen) atoms. The molecule has 0 amide bonds. The molecule has 0 aliphatic heterocycles. The van der Waals surface area contributed by atoms with Crippen molar-refractivity contribution in [2.24, 2.45) is 0 Å². The van der Waals surface area contributed by atoms with Gasteiger partial charge in [-0.05, 0) is 24.3 Å². The van der Waals surface area contributed by atoms with Gasteiger partial charge in [-0.15, -0.1) is 6.58 Å². The molecule has 4 heterocycles. The Kier molecular flexibility index (Phi) is 3.81. The molecule has 0 aromatic carbocycles. The number of pyridine rings is 2. The average molecular weight is 334 g/mol. The lowest BCUT2D eigenvalue weighted by Crippen LogP contribution is -2.09. The molecule has 4 aromatic heterocycles. The standard InChI is InChI=1S/C18H15FN6/c1-2-10-25-16(23-14-6-4-8-20-18(14)25)12-24-11-9-21-17(24)13-5-3-7-15(19)22-13/h2-9,11H,1,10,12H2. The van der Waals surface area contributed by atoms with Crippen LogP contribution in [0.25, 0.3) is 22.7 Å². The van der Waals surface area contributed by atoms with Crippen molar-refractivity contribution in [3.8, 4) is 11.5 Å². The van der Waals surface area contributed by atoms with Crippen LogP contribution in [-0.2, 0) is 13.1 Å². The molecule has 0 atom stereocenters. The summed E-state index contributed by atoms with van der Waals surface area (Å²) in [6.45, 7) is 4.88. The Bertz CT molecular complexity index is 1050. The third kappa shape index (κ3) is 2.80. The molecule has 0 spiro atoms. The van der Waals surface area contributed by atoms with Crippen molar-refractivity contribution in [2.75, 3.05) is 0 Å². The van der Waals surface area contributed by atoms with E-state index in [-0.39, 0.29) is 0 Å². The van der Waals surface area contributed by atoms with E-state index in [0.29, 0.717) is 24.6 Å². The number of hydrogen-bond acceptors (Lipinski definition) is 4. The molecular formula is C18H15FN6. The highest BCUT2D eigenvalue weighted by atomic mass is 19.1. The number of rotatable bonds is 5. The summed E-state index contributed by atoms with van der Waals surface area (Å²) >= 11 is 0. The zero-order valence-corrected chi connectivity index (χ0v) is 13.4. The van der Waals surface area contributed by atoms with E-state index in [1.165, 1.54) is 6.07 Å². The van der Waals surface area contributed by atoms with Gasteiger partial charge in [0.05, 0.1) is 6.54 Å². The van der Waals surface area contributed by atoms with Crippen LogP contribution in [0, 0.1) is 5.95 Å². The number of allylic oxidation sites excluding steroid dienone is 1. The SMILES string of the molecule is C=CCn1c(Cn2ccnc2-c2cccc(F)n2)nc2cccnc21. The first-order valence-electron chi connectivity index (χ1n) is 7.81. The third-order valence-corrected chi connectivity index (χ3v) is 3.87. The first-order chi connectivity index (χ1) is 12.3. The monoisotopic (exact) mass is 334 g/mol. The molecule has 0 bridgehead atoms. The number of imidazole rings is 2. The zero-order chi connectivity index (χ0) is 17.2. The zero-order valence-electron chi connectivity index (χ0n) is 13.4. The number of fused-ring (bicyclic) bond motifs is 1. The molecule has 0 aliphatic rings. The van der Waals surface area contributed by atoms with Crippen LogP contribution in [0.4, 0.5) is 4.39 Å². The molecule has 0 fully saturated rings. The van der Waals surface area contributed by atoms with Gasteiger partial charge in [0.1, 0.15) is 17.0 Å². The van der Waals surface area contributed by atoms with E-state index in [1.807, 2.05) is 33.5 Å². The second-order valence-electron chi connectivity index (χ2n) is 5.50. The highest BCUT2D eigenvalue weighted by Gasteiger charge is 2.14. The van der Waals surface area contributed by atoms with Gasteiger partial charge >= 0.3 is 0 Å². The lowest BCUT2D eigenvalue weighted by Gasteiger charge is -2.09. The van der Waals surface area contributed by atoms with Crippen LogP contribution in [0.3, 0.4) is 0 Å². The van der Waals surface area contributed by atoms with Crippen molar-refractivity contribution in [2.45, 2.75) is 13.1 Å². The van der Waals surface area contributed by atoms with E-state index in [2.05, 4.69) is 26.5 Å². The molecule has 6 nitrogen and oxygen atoms in total. The molecule has 4 aromatic rings. The van der Waals surface area contributed by atoms with Crippen LogP contribution in [0.5, 0.6) is 0 Å². The largest absolute Gasteiger partial charge is 0.322 e. The molecule has 0 saturated heterocycles. The van der Waals surface area contributed by atoms with Crippen LogP contribution >= 0.6 is 0 Å². The predicted octanol–water partition coefficient (Wildman–Crippen LogP) is 3.06. The van der Waals surface area contributed by atoms with Gasteiger partial charge < -0.3 is 9.13 Å². The minimum Gasteiger partial charge on any atom is -0.322 e. The second kappa shape index (κ2) is 6.27. The predicted molar refractivity (Wildman–Crippen MR) is 92.2 cm³/mol. The van der Waals surface area contributed by atoms with Gasteiger partial charge in [-0.1, -0.05) is 12.1 Å². The van der Waals surface area contributed by atoms with Crippen LogP contribution in [-0.4, -0.2) is 29.1 Å². The fourth-order valence-corrected chi connectivity index (χ4v) is 2.80. The van der Waals surface area contributed by atoms with Crippen molar-refractivity contribution in [1.29, 1.82) is 0 Å². The average Bonchev–Trinajstić information content (AvgIpc) is 3.21. The normalized spacial score (nSPS) is 11.1. The lowest BCUT2D eigenvalue weighted by atomic mass is 10.3. The summed E-state index contributed by atoms with van der Waals surface area (Å²) in [5, 5.41) is 0. The third-order valence-electron chi connectivity index (χ3n) is 3.87. The topological polar surface area (TPSA) is 61.4 Å². The first-order valence-corrected chi connectivity index (χ1v) is 7.81. The Balaban J connectivity index is 1.77. The van der Waals surface area contributed by atoms with Gasteiger partial charge in [-0.2, -0.15) is 4.39 Å². The smallest absolute Gasteiger partial charge is 0.213 e. The fourth-order valence-electron chi connectivity index (χ4n) is 2.80. The number of aromatic nitrogens is 6. The van der Waals surface area contributed by atoms with Crippen LogP contribution in [0.15, 0.2) is 61.6 Å². The molecule has 0 unspecified atom stereocenters. The van der Waals surface area contributed by atoms with E-state index < -0.39 is 5.95 Å². The summed E-state index contributed by atoms with van der Waals surface area (Å²) in [7, 11) is 0. The quantitative estimate of drug-likeness (QED) is 0.416. The van der Waals surface area contributed by atoms with Gasteiger partial charge in [-0.25, -0.2) is 19.9 Å². The maximum atomic E-state index is 13.4. The molecular weight excluding hydrogens is 319 g/mol. The highest BCUT2D eigenvalue weighted by molar-refractivity contribution is 5.71. The van der Waals surface area contributed by atoms with Crippen molar-refractivity contribution >= 4 is 11.2 Å². The Morgan fingerprint density at radius 2 is 2.00 bits per heavy atom. The Hall–Kier alpha value is -3.35. The van der Waals surface area contributed by atoms with Crippen molar-refractivity contribution in [1.82, 2.24) is 29.1 Å². The Labute approximate surface area is 143 Å². The van der Waals surface area contributed by atoms with Gasteiger partial charge in [0, 0.05) is 25.1 Å². The molecule has 0 radical (unpaired) electrons. The van der Waals surface area contributed by atoms with E-state index in [1.54, 1.807) is 24.5 Å². The second-order valence-corrected chi connectivity index (χ2v) is 5.50. The van der Waals surface area contributed by atoms with Gasteiger partial charge in [0.15, 0.2) is 11.5 Å². The molecule has 124 valence electrons. The Morgan fingerprint density at radius 1 is 1.08 bits per heavy atom. The van der Waals surface area contributed by atoms with E-state index >= 15 is 0 Å². The minimum atomic E-state index is -0.532. The van der Waals surface area contributed by atoms with E-state index in [0.717, 1.165) is 17.0 Å². The van der Waals surface area contributed by atoms with Crippen molar-refractivity contribution < 1.29 is 4.39 Å². The summed E-state index contributed by atoms with van der Waals surface area (Å²) in [4.78, 5) is 17.3. The van der Waals surface area contributed by atoms with Gasteiger partial charge in [0.25, 0.3) is 0 Å². The molecule has 4 rings (SSSR count). The summed E-state index contributed by atoms with van der Waals surface area (Å²) in [5.74, 6) is 0.879. The fraction of sp³-hybridized carbons (Fsp3) is 0.111. The molecule has 0 saturated carbocycles. The summed E-state index contributed by atoms with van der Waals surface area (Å²) in [6, 6.07) is 8.45. The number of nitrogens with zero attached hydrogens (tertiary/aromatic N) is 6. The minimum absolute atomic E-state index is 0.470. The Morgan fingerprint density at radius 3 is 2.84 bits per heavy atom. The van der Waals surface area contributed by atoms with Crippen molar-refractivity contribution in [3.63, 3.8) is 0 Å². The lowest BCUT2D eigenvalue weighted by molar-refractivity contribution is 0.584. The van der Waals surface area contributed by atoms with Gasteiger partial charge in [0.2, 0.25) is 5.95 Å². The molecule has 0 aliphatic carbocycles. The summed E-state index contributed by atoms with van der Waals surface area (Å²) in [5.41, 5.74) is 2.11. The highest BCUT2D eigenvalue weighted by Crippen LogP contribution is 2.19. The van der Waals surface area contributed by atoms with Crippen molar-refractivity contribution in [3.05, 3.63) is 73.3 Å². The number of halogens is 1. The summed E-state index contributed by atoms with van der Waals surface area (Å²) < 4.78 is 17.3. The summed E-state index contributed by atoms with van der Waals surface area (Å²) in [6.07, 6.45) is 7.04. The van der Waals surface area contributed by atoms with E-state index in [4.69, 9.17) is 0 Å². The maximum absolute atomic E-state index is 13.4. The van der Waals surface area contributed by atoms with Gasteiger partial charge in [-0.3, -0.25) is 0 Å². The van der Waals surface area contributed by atoms with Crippen LogP contribution in [0.2, 0.25) is 0 Å².